The van der Waals surface area contributed by atoms with E-state index in [4.69, 9.17) is 9.47 Å². The van der Waals surface area contributed by atoms with E-state index in [-0.39, 0.29) is 18.6 Å². The molecule has 138 valence electrons. The summed E-state index contributed by atoms with van der Waals surface area (Å²) in [6.45, 7) is 1.31. The van der Waals surface area contributed by atoms with Gasteiger partial charge in [-0.1, -0.05) is 12.1 Å². The number of rotatable bonds is 6. The number of para-hydroxylation sites is 2. The molecule has 1 aromatic heterocycles. The van der Waals surface area contributed by atoms with E-state index in [1.165, 1.54) is 0 Å². The quantitative estimate of drug-likeness (QED) is 0.729. The maximum Gasteiger partial charge on any atom is 0.258 e. The van der Waals surface area contributed by atoms with Crippen molar-refractivity contribution in [3.8, 4) is 17.0 Å². The van der Waals surface area contributed by atoms with E-state index < -0.39 is 0 Å². The zero-order valence-corrected chi connectivity index (χ0v) is 14.9. The zero-order chi connectivity index (χ0) is 18.5. The van der Waals surface area contributed by atoms with E-state index >= 15 is 0 Å². The lowest BCUT2D eigenvalue weighted by Crippen LogP contribution is -2.35. The Kier molecular flexibility index (Phi) is 5.25. The lowest BCUT2D eigenvalue weighted by Gasteiger charge is -2.11. The van der Waals surface area contributed by atoms with Crippen molar-refractivity contribution in [3.05, 3.63) is 54.7 Å². The highest BCUT2D eigenvalue weighted by atomic mass is 16.5. The van der Waals surface area contributed by atoms with Crippen LogP contribution in [-0.2, 0) is 9.53 Å². The van der Waals surface area contributed by atoms with Crippen molar-refractivity contribution in [3.63, 3.8) is 0 Å². The summed E-state index contributed by atoms with van der Waals surface area (Å²) in [6.07, 6.45) is 3.96. The molecule has 1 aliphatic heterocycles. The van der Waals surface area contributed by atoms with Crippen LogP contribution >= 0.6 is 0 Å². The second-order valence-electron chi connectivity index (χ2n) is 6.50. The fourth-order valence-electron chi connectivity index (χ4n) is 3.05. The molecule has 0 aliphatic carbocycles. The standard InChI is InChI=1S/C21H21N3O3/c25-21(23-12-17-4-3-11-26-17)14-27-16-9-7-15(8-10-16)20-13-22-18-5-1-2-6-19(18)24-20/h1-2,5-10,13,17H,3-4,11-12,14H2,(H,23,25)/t17-/m0/s1. The molecule has 6 nitrogen and oxygen atoms in total. The van der Waals surface area contributed by atoms with Crippen LogP contribution in [0.1, 0.15) is 12.8 Å². The first-order valence-corrected chi connectivity index (χ1v) is 9.11. The van der Waals surface area contributed by atoms with Crippen molar-refractivity contribution < 1.29 is 14.3 Å². The number of benzene rings is 2. The van der Waals surface area contributed by atoms with Crippen LogP contribution in [0.25, 0.3) is 22.3 Å². The Balaban J connectivity index is 1.33. The van der Waals surface area contributed by atoms with Gasteiger partial charge in [-0.05, 0) is 49.2 Å². The molecule has 0 unspecified atom stereocenters. The fourth-order valence-corrected chi connectivity index (χ4v) is 3.05. The number of carbonyl (C=O) groups excluding carboxylic acids is 1. The van der Waals surface area contributed by atoms with Crippen LogP contribution in [-0.4, -0.2) is 41.7 Å². The molecule has 0 saturated carbocycles. The van der Waals surface area contributed by atoms with Gasteiger partial charge in [0.25, 0.3) is 5.91 Å². The van der Waals surface area contributed by atoms with Gasteiger partial charge in [0.05, 0.1) is 29.0 Å². The number of carbonyl (C=O) groups is 1. The van der Waals surface area contributed by atoms with Gasteiger partial charge >= 0.3 is 0 Å². The van der Waals surface area contributed by atoms with Crippen LogP contribution in [0, 0.1) is 0 Å². The Morgan fingerprint density at radius 3 is 2.74 bits per heavy atom. The van der Waals surface area contributed by atoms with Crippen LogP contribution in [0.5, 0.6) is 5.75 Å². The van der Waals surface area contributed by atoms with E-state index in [0.29, 0.717) is 12.3 Å². The van der Waals surface area contributed by atoms with Gasteiger partial charge in [0.1, 0.15) is 5.75 Å². The van der Waals surface area contributed by atoms with Gasteiger partial charge in [-0.2, -0.15) is 0 Å². The second kappa shape index (κ2) is 8.14. The third-order valence-corrected chi connectivity index (χ3v) is 4.52. The third kappa shape index (κ3) is 4.41. The number of aromatic nitrogens is 2. The molecule has 0 radical (unpaired) electrons. The molecule has 4 rings (SSSR count). The van der Waals surface area contributed by atoms with Crippen molar-refractivity contribution in [2.24, 2.45) is 0 Å². The van der Waals surface area contributed by atoms with E-state index in [1.807, 2.05) is 48.5 Å². The van der Waals surface area contributed by atoms with E-state index in [1.54, 1.807) is 6.20 Å². The molecule has 1 atom stereocenters. The van der Waals surface area contributed by atoms with Crippen molar-refractivity contribution >= 4 is 16.9 Å². The van der Waals surface area contributed by atoms with Crippen molar-refractivity contribution in [1.82, 2.24) is 15.3 Å². The molecule has 3 aromatic rings. The molecule has 1 N–H and O–H groups in total. The minimum atomic E-state index is -0.144. The fraction of sp³-hybridized carbons (Fsp3) is 0.286. The summed E-state index contributed by atoms with van der Waals surface area (Å²) >= 11 is 0. The first-order valence-electron chi connectivity index (χ1n) is 9.11. The van der Waals surface area contributed by atoms with Crippen LogP contribution in [0.2, 0.25) is 0 Å². The third-order valence-electron chi connectivity index (χ3n) is 4.52. The Morgan fingerprint density at radius 2 is 1.96 bits per heavy atom. The number of amides is 1. The Labute approximate surface area is 157 Å². The van der Waals surface area contributed by atoms with E-state index in [2.05, 4.69) is 15.3 Å². The Bertz CT molecular complexity index is 921. The summed E-state index contributed by atoms with van der Waals surface area (Å²) in [5.41, 5.74) is 3.48. The van der Waals surface area contributed by atoms with E-state index in [0.717, 1.165) is 41.7 Å². The summed E-state index contributed by atoms with van der Waals surface area (Å²) in [5.74, 6) is 0.495. The number of hydrogen-bond donors (Lipinski definition) is 1. The highest BCUT2D eigenvalue weighted by Gasteiger charge is 2.16. The first-order chi connectivity index (χ1) is 13.3. The molecule has 1 saturated heterocycles. The predicted octanol–water partition coefficient (Wildman–Crippen LogP) is 2.97. The van der Waals surface area contributed by atoms with Crippen molar-refractivity contribution in [2.45, 2.75) is 18.9 Å². The molecule has 1 amide bonds. The predicted molar refractivity (Wildman–Crippen MR) is 102 cm³/mol. The monoisotopic (exact) mass is 363 g/mol. The summed E-state index contributed by atoms with van der Waals surface area (Å²) in [7, 11) is 0. The maximum atomic E-state index is 11.9. The van der Waals surface area contributed by atoms with Gasteiger partial charge in [0.15, 0.2) is 6.61 Å². The van der Waals surface area contributed by atoms with E-state index in [9.17, 15) is 4.79 Å². The van der Waals surface area contributed by atoms with Gasteiger partial charge in [-0.25, -0.2) is 4.98 Å². The minimum Gasteiger partial charge on any atom is -0.484 e. The van der Waals surface area contributed by atoms with Crippen molar-refractivity contribution in [2.75, 3.05) is 19.8 Å². The molecular weight excluding hydrogens is 342 g/mol. The highest BCUT2D eigenvalue weighted by Crippen LogP contribution is 2.22. The maximum absolute atomic E-state index is 11.9. The van der Waals surface area contributed by atoms with Crippen LogP contribution in [0.15, 0.2) is 54.7 Å². The summed E-state index contributed by atoms with van der Waals surface area (Å²) in [6, 6.07) is 15.3. The number of nitrogens with zero attached hydrogens (tertiary/aromatic N) is 2. The summed E-state index contributed by atoms with van der Waals surface area (Å²) in [4.78, 5) is 20.9. The Morgan fingerprint density at radius 1 is 1.15 bits per heavy atom. The first kappa shape index (κ1) is 17.4. The highest BCUT2D eigenvalue weighted by molar-refractivity contribution is 5.78. The smallest absolute Gasteiger partial charge is 0.258 e. The van der Waals surface area contributed by atoms with Gasteiger partial charge < -0.3 is 14.8 Å². The lowest BCUT2D eigenvalue weighted by molar-refractivity contribution is -0.123. The SMILES string of the molecule is O=C(COc1ccc(-c2cnc3ccccc3n2)cc1)NC[C@@H]1CCCO1. The van der Waals surface area contributed by atoms with Gasteiger partial charge in [0, 0.05) is 18.7 Å². The normalized spacial score (nSPS) is 16.4. The van der Waals surface area contributed by atoms with Crippen LogP contribution in [0.3, 0.4) is 0 Å². The van der Waals surface area contributed by atoms with Crippen LogP contribution in [0.4, 0.5) is 0 Å². The lowest BCUT2D eigenvalue weighted by atomic mass is 10.1. The molecule has 6 heteroatoms. The number of hydrogen-bond acceptors (Lipinski definition) is 5. The molecule has 27 heavy (non-hydrogen) atoms. The molecule has 0 spiro atoms. The zero-order valence-electron chi connectivity index (χ0n) is 14.9. The second-order valence-corrected chi connectivity index (χ2v) is 6.50. The molecular formula is C21H21N3O3. The molecule has 2 heterocycles. The molecule has 2 aromatic carbocycles. The summed E-state index contributed by atoms with van der Waals surface area (Å²) in [5, 5.41) is 2.84. The Hall–Kier alpha value is -2.99. The van der Waals surface area contributed by atoms with Crippen LogP contribution < -0.4 is 10.1 Å². The van der Waals surface area contributed by atoms with Gasteiger partial charge in [-0.15, -0.1) is 0 Å². The van der Waals surface area contributed by atoms with Gasteiger partial charge in [0.2, 0.25) is 0 Å². The number of ether oxygens (including phenoxy) is 2. The summed E-state index contributed by atoms with van der Waals surface area (Å²) < 4.78 is 11.0. The average Bonchev–Trinajstić information content (AvgIpc) is 3.24. The molecule has 0 bridgehead atoms. The molecule has 1 aliphatic rings. The number of nitrogens with one attached hydrogen (secondary N) is 1. The average molecular weight is 363 g/mol. The largest absolute Gasteiger partial charge is 0.484 e. The van der Waals surface area contributed by atoms with Gasteiger partial charge in [-0.3, -0.25) is 9.78 Å². The topological polar surface area (TPSA) is 73.3 Å². The van der Waals surface area contributed by atoms with Crippen molar-refractivity contribution in [1.29, 1.82) is 0 Å². The number of fused-ring (bicyclic) bond motifs is 1. The minimum absolute atomic E-state index is 0.0121. The molecule has 1 fully saturated rings.